The van der Waals surface area contributed by atoms with Crippen molar-refractivity contribution in [1.82, 2.24) is 10.2 Å². The third-order valence-corrected chi connectivity index (χ3v) is 2.79. The topological polar surface area (TPSA) is 24.5 Å². The van der Waals surface area contributed by atoms with Crippen molar-refractivity contribution >= 4 is 0 Å². The van der Waals surface area contributed by atoms with E-state index in [0.717, 1.165) is 25.6 Å². The Morgan fingerprint density at radius 2 is 1.78 bits per heavy atom. The molecule has 0 aliphatic carbocycles. The Morgan fingerprint density at radius 1 is 1.11 bits per heavy atom. The molecule has 0 aromatic rings. The van der Waals surface area contributed by atoms with Crippen molar-refractivity contribution < 1.29 is 4.74 Å². The fourth-order valence-corrected chi connectivity index (χ4v) is 1.95. The Balaban J connectivity index is 3.68. The summed E-state index contributed by atoms with van der Waals surface area (Å²) in [5.74, 6) is 0.731. The molecule has 110 valence electrons. The fraction of sp³-hybridized carbons (Fsp3) is 1.00. The average molecular weight is 258 g/mol. The SMILES string of the molecule is COCCN(CCCCNC(C)(C)C)CC(C)C. The summed E-state index contributed by atoms with van der Waals surface area (Å²) >= 11 is 0. The van der Waals surface area contributed by atoms with Crippen molar-refractivity contribution in [3.63, 3.8) is 0 Å². The molecule has 0 fully saturated rings. The molecule has 0 amide bonds. The highest BCUT2D eigenvalue weighted by atomic mass is 16.5. The fourth-order valence-electron chi connectivity index (χ4n) is 1.95. The molecule has 0 saturated carbocycles. The van der Waals surface area contributed by atoms with Crippen LogP contribution >= 0.6 is 0 Å². The van der Waals surface area contributed by atoms with Crippen LogP contribution in [0.4, 0.5) is 0 Å². The summed E-state index contributed by atoms with van der Waals surface area (Å²) < 4.78 is 5.17. The monoisotopic (exact) mass is 258 g/mol. The minimum atomic E-state index is 0.244. The van der Waals surface area contributed by atoms with Crippen LogP contribution in [0.2, 0.25) is 0 Å². The van der Waals surface area contributed by atoms with E-state index in [9.17, 15) is 0 Å². The summed E-state index contributed by atoms with van der Waals surface area (Å²) in [5, 5.41) is 3.54. The lowest BCUT2D eigenvalue weighted by atomic mass is 10.1. The van der Waals surface area contributed by atoms with Gasteiger partial charge in [0, 0.05) is 25.7 Å². The Bertz CT molecular complexity index is 187. The molecular formula is C15H34N2O. The molecule has 0 rings (SSSR count). The molecule has 0 saturated heterocycles. The van der Waals surface area contributed by atoms with Crippen LogP contribution in [0, 0.1) is 5.92 Å². The number of nitrogens with one attached hydrogen (secondary N) is 1. The lowest BCUT2D eigenvalue weighted by Gasteiger charge is -2.24. The van der Waals surface area contributed by atoms with Gasteiger partial charge in [-0.15, -0.1) is 0 Å². The molecule has 0 radical (unpaired) electrons. The Labute approximate surface area is 114 Å². The van der Waals surface area contributed by atoms with Crippen molar-refractivity contribution in [3.05, 3.63) is 0 Å². The Kier molecular flexibility index (Phi) is 9.70. The van der Waals surface area contributed by atoms with E-state index in [-0.39, 0.29) is 5.54 Å². The van der Waals surface area contributed by atoms with Crippen molar-refractivity contribution in [3.8, 4) is 0 Å². The number of unbranched alkanes of at least 4 members (excludes halogenated alkanes) is 1. The van der Waals surface area contributed by atoms with Gasteiger partial charge in [-0.05, 0) is 52.6 Å². The first-order chi connectivity index (χ1) is 8.35. The predicted octanol–water partition coefficient (Wildman–Crippen LogP) is 2.76. The highest BCUT2D eigenvalue weighted by molar-refractivity contribution is 4.70. The third kappa shape index (κ3) is 12.3. The number of nitrogens with zero attached hydrogens (tertiary/aromatic N) is 1. The summed E-state index contributed by atoms with van der Waals surface area (Å²) in [5.41, 5.74) is 0.244. The second-order valence-corrected chi connectivity index (χ2v) is 6.57. The van der Waals surface area contributed by atoms with Crippen LogP contribution < -0.4 is 5.32 Å². The lowest BCUT2D eigenvalue weighted by molar-refractivity contribution is 0.138. The van der Waals surface area contributed by atoms with Gasteiger partial charge in [0.25, 0.3) is 0 Å². The molecule has 0 heterocycles. The summed E-state index contributed by atoms with van der Waals surface area (Å²) in [6.07, 6.45) is 2.51. The molecule has 0 aromatic carbocycles. The molecule has 3 heteroatoms. The van der Waals surface area contributed by atoms with E-state index < -0.39 is 0 Å². The van der Waals surface area contributed by atoms with E-state index in [1.807, 2.05) is 0 Å². The van der Waals surface area contributed by atoms with Crippen LogP contribution in [0.3, 0.4) is 0 Å². The highest BCUT2D eigenvalue weighted by Gasteiger charge is 2.09. The van der Waals surface area contributed by atoms with Gasteiger partial charge in [0.15, 0.2) is 0 Å². The number of hydrogen-bond acceptors (Lipinski definition) is 3. The van der Waals surface area contributed by atoms with Gasteiger partial charge in [-0.25, -0.2) is 0 Å². The predicted molar refractivity (Wildman–Crippen MR) is 80.1 cm³/mol. The largest absolute Gasteiger partial charge is 0.383 e. The highest BCUT2D eigenvalue weighted by Crippen LogP contribution is 2.03. The summed E-state index contributed by atoms with van der Waals surface area (Å²) in [6, 6.07) is 0. The van der Waals surface area contributed by atoms with Gasteiger partial charge in [-0.1, -0.05) is 13.8 Å². The van der Waals surface area contributed by atoms with E-state index in [1.165, 1.54) is 25.9 Å². The molecule has 0 atom stereocenters. The molecule has 0 aromatic heterocycles. The molecular weight excluding hydrogens is 224 g/mol. The number of methoxy groups -OCH3 is 1. The molecule has 3 nitrogen and oxygen atoms in total. The van der Waals surface area contributed by atoms with Crippen LogP contribution in [0.15, 0.2) is 0 Å². The first-order valence-corrected chi connectivity index (χ1v) is 7.31. The maximum Gasteiger partial charge on any atom is 0.0589 e. The zero-order chi connectivity index (χ0) is 14.0. The molecule has 0 aliphatic heterocycles. The van der Waals surface area contributed by atoms with Gasteiger partial charge in [0.2, 0.25) is 0 Å². The average Bonchev–Trinajstić information content (AvgIpc) is 2.22. The van der Waals surface area contributed by atoms with Gasteiger partial charge >= 0.3 is 0 Å². The third-order valence-electron chi connectivity index (χ3n) is 2.79. The molecule has 18 heavy (non-hydrogen) atoms. The molecule has 0 aliphatic rings. The standard InChI is InChI=1S/C15H34N2O/c1-14(2)13-17(11-12-18-6)10-8-7-9-16-15(3,4)5/h14,16H,7-13H2,1-6H3. The first-order valence-electron chi connectivity index (χ1n) is 7.31. The number of hydrogen-bond donors (Lipinski definition) is 1. The second kappa shape index (κ2) is 9.76. The summed E-state index contributed by atoms with van der Waals surface area (Å²) in [6.45, 7) is 16.6. The second-order valence-electron chi connectivity index (χ2n) is 6.57. The van der Waals surface area contributed by atoms with Crippen molar-refractivity contribution in [2.45, 2.75) is 53.0 Å². The van der Waals surface area contributed by atoms with Crippen LogP contribution in [0.1, 0.15) is 47.5 Å². The van der Waals surface area contributed by atoms with Gasteiger partial charge in [-0.3, -0.25) is 0 Å². The maximum absolute atomic E-state index is 5.17. The molecule has 1 N–H and O–H groups in total. The van der Waals surface area contributed by atoms with E-state index in [0.29, 0.717) is 0 Å². The van der Waals surface area contributed by atoms with E-state index in [4.69, 9.17) is 4.74 Å². The Morgan fingerprint density at radius 3 is 2.28 bits per heavy atom. The number of rotatable bonds is 10. The summed E-state index contributed by atoms with van der Waals surface area (Å²) in [7, 11) is 1.78. The molecule has 0 spiro atoms. The van der Waals surface area contributed by atoms with Gasteiger partial charge in [-0.2, -0.15) is 0 Å². The smallest absolute Gasteiger partial charge is 0.0589 e. The van der Waals surface area contributed by atoms with Crippen LogP contribution in [-0.2, 0) is 4.74 Å². The van der Waals surface area contributed by atoms with E-state index in [1.54, 1.807) is 7.11 Å². The maximum atomic E-state index is 5.17. The van der Waals surface area contributed by atoms with Crippen molar-refractivity contribution in [2.75, 3.05) is 39.9 Å². The summed E-state index contributed by atoms with van der Waals surface area (Å²) in [4.78, 5) is 2.52. The van der Waals surface area contributed by atoms with Crippen molar-refractivity contribution in [2.24, 2.45) is 5.92 Å². The molecule has 0 bridgehead atoms. The van der Waals surface area contributed by atoms with Crippen LogP contribution in [0.5, 0.6) is 0 Å². The quantitative estimate of drug-likeness (QED) is 0.610. The Hall–Kier alpha value is -0.120. The van der Waals surface area contributed by atoms with Gasteiger partial charge in [0.1, 0.15) is 0 Å². The van der Waals surface area contributed by atoms with Crippen LogP contribution in [0.25, 0.3) is 0 Å². The zero-order valence-corrected chi connectivity index (χ0v) is 13.4. The minimum absolute atomic E-state index is 0.244. The zero-order valence-electron chi connectivity index (χ0n) is 13.4. The molecule has 0 unspecified atom stereocenters. The number of ether oxygens (including phenoxy) is 1. The van der Waals surface area contributed by atoms with Gasteiger partial charge < -0.3 is 15.0 Å². The van der Waals surface area contributed by atoms with E-state index >= 15 is 0 Å². The van der Waals surface area contributed by atoms with Gasteiger partial charge in [0.05, 0.1) is 6.61 Å². The normalized spacial score (nSPS) is 12.7. The lowest BCUT2D eigenvalue weighted by Crippen LogP contribution is -2.37. The van der Waals surface area contributed by atoms with Crippen LogP contribution in [-0.4, -0.2) is 50.3 Å². The van der Waals surface area contributed by atoms with E-state index in [2.05, 4.69) is 44.8 Å². The first kappa shape index (κ1) is 17.9. The minimum Gasteiger partial charge on any atom is -0.383 e. The van der Waals surface area contributed by atoms with Crippen molar-refractivity contribution in [1.29, 1.82) is 0 Å².